The number of aromatic nitrogens is 3. The molecular formula is C25H32F2N6O2. The van der Waals surface area contributed by atoms with Crippen molar-refractivity contribution in [3.8, 4) is 11.3 Å². The van der Waals surface area contributed by atoms with Gasteiger partial charge in [-0.2, -0.15) is 0 Å². The molecule has 3 heterocycles. The lowest BCUT2D eigenvalue weighted by Crippen LogP contribution is -2.44. The van der Waals surface area contributed by atoms with Crippen LogP contribution in [0, 0.1) is 11.6 Å². The van der Waals surface area contributed by atoms with Crippen LogP contribution in [0.15, 0.2) is 35.1 Å². The topological polar surface area (TPSA) is 75.5 Å². The van der Waals surface area contributed by atoms with Crippen LogP contribution in [0.2, 0.25) is 0 Å². The molecule has 4 rings (SSSR count). The van der Waals surface area contributed by atoms with Crippen LogP contribution in [-0.2, 0) is 11.3 Å². The Morgan fingerprint density at radius 1 is 1.03 bits per heavy atom. The summed E-state index contributed by atoms with van der Waals surface area (Å²) in [7, 11) is 2.14. The van der Waals surface area contributed by atoms with E-state index in [0.29, 0.717) is 48.7 Å². The van der Waals surface area contributed by atoms with Crippen LogP contribution in [0.4, 0.5) is 14.6 Å². The Labute approximate surface area is 203 Å². The second kappa shape index (κ2) is 11.7. The number of benzene rings is 1. The fourth-order valence-electron chi connectivity index (χ4n) is 4.14. The zero-order valence-electron chi connectivity index (χ0n) is 20.3. The molecule has 1 aliphatic rings. The molecule has 188 valence electrons. The first-order valence-corrected chi connectivity index (χ1v) is 12.1. The van der Waals surface area contributed by atoms with Gasteiger partial charge < -0.3 is 19.9 Å². The predicted molar refractivity (Wildman–Crippen MR) is 133 cm³/mol. The first-order valence-electron chi connectivity index (χ1n) is 12.1. The van der Waals surface area contributed by atoms with Crippen LogP contribution in [0.25, 0.3) is 22.4 Å². The van der Waals surface area contributed by atoms with Crippen LogP contribution in [-0.4, -0.2) is 83.9 Å². The number of likely N-dealkylation sites (N-methyl/N-ethyl adjacent to an activating group) is 1. The van der Waals surface area contributed by atoms with E-state index in [1.54, 1.807) is 12.1 Å². The number of pyridine rings is 1. The van der Waals surface area contributed by atoms with Crippen molar-refractivity contribution >= 4 is 17.0 Å². The Kier molecular flexibility index (Phi) is 8.37. The molecule has 1 N–H and O–H groups in total. The summed E-state index contributed by atoms with van der Waals surface area (Å²) in [5.41, 5.74) is 1.47. The number of halogens is 2. The number of hydrogen-bond donors (Lipinski definition) is 1. The molecule has 0 unspecified atom stereocenters. The number of ether oxygens (including phenoxy) is 1. The van der Waals surface area contributed by atoms with Crippen LogP contribution in [0.3, 0.4) is 0 Å². The normalized spacial score (nSPS) is 15.1. The van der Waals surface area contributed by atoms with E-state index in [9.17, 15) is 13.6 Å². The fourth-order valence-corrected chi connectivity index (χ4v) is 4.14. The summed E-state index contributed by atoms with van der Waals surface area (Å²) in [4.78, 5) is 27.1. The van der Waals surface area contributed by atoms with Gasteiger partial charge in [0.2, 0.25) is 0 Å². The number of piperazine rings is 1. The van der Waals surface area contributed by atoms with E-state index in [1.807, 2.05) is 6.92 Å². The van der Waals surface area contributed by atoms with Gasteiger partial charge in [0.15, 0.2) is 23.1 Å². The molecule has 0 saturated carbocycles. The molecule has 0 radical (unpaired) electrons. The zero-order chi connectivity index (χ0) is 24.8. The summed E-state index contributed by atoms with van der Waals surface area (Å²) in [5, 5.41) is 3.20. The second-order valence-corrected chi connectivity index (χ2v) is 8.71. The molecule has 35 heavy (non-hydrogen) atoms. The highest BCUT2D eigenvalue weighted by Crippen LogP contribution is 2.22. The van der Waals surface area contributed by atoms with Crippen molar-refractivity contribution in [2.24, 2.45) is 0 Å². The lowest BCUT2D eigenvalue weighted by molar-refractivity contribution is 0.139. The number of hydrogen-bond acceptors (Lipinski definition) is 7. The fraction of sp³-hybridized carbons (Fsp3) is 0.480. The Hall–Kier alpha value is -2.95. The third-order valence-electron chi connectivity index (χ3n) is 6.21. The van der Waals surface area contributed by atoms with E-state index < -0.39 is 11.6 Å². The summed E-state index contributed by atoms with van der Waals surface area (Å²) in [6, 6.07) is 7.04. The highest BCUT2D eigenvalue weighted by Gasteiger charge is 2.16. The SMILES string of the molecule is CCOCCn1c(=O)c(NCCCN2CCN(C)CC2)nc2ccc(-c3ccc(F)c(F)c3)nc21. The average molecular weight is 487 g/mol. The minimum Gasteiger partial charge on any atom is -0.380 e. The summed E-state index contributed by atoms with van der Waals surface area (Å²) < 4.78 is 34.1. The maximum atomic E-state index is 13.8. The summed E-state index contributed by atoms with van der Waals surface area (Å²) in [6.07, 6.45) is 0.898. The zero-order valence-corrected chi connectivity index (χ0v) is 20.3. The first-order chi connectivity index (χ1) is 17.0. The standard InChI is InChI=1S/C25H32F2N6O2/c1-3-35-16-15-33-24-22(8-7-21(30-24)18-5-6-19(26)20(27)17-18)29-23(25(33)34)28-9-4-10-32-13-11-31(2)12-14-32/h5-8,17H,3-4,9-16H2,1-2H3,(H,28,29). The van der Waals surface area contributed by atoms with Crippen LogP contribution in [0.5, 0.6) is 0 Å². The van der Waals surface area contributed by atoms with Crippen LogP contribution < -0.4 is 10.9 Å². The van der Waals surface area contributed by atoms with Crippen molar-refractivity contribution in [2.75, 3.05) is 64.8 Å². The van der Waals surface area contributed by atoms with E-state index in [-0.39, 0.29) is 11.4 Å². The van der Waals surface area contributed by atoms with Crippen molar-refractivity contribution < 1.29 is 13.5 Å². The number of nitrogens with one attached hydrogen (secondary N) is 1. The van der Waals surface area contributed by atoms with Gasteiger partial charge in [-0.05, 0) is 57.3 Å². The smallest absolute Gasteiger partial charge is 0.295 e. The minimum absolute atomic E-state index is 0.273. The third-order valence-corrected chi connectivity index (χ3v) is 6.21. The first kappa shape index (κ1) is 25.2. The van der Waals surface area contributed by atoms with Crippen molar-refractivity contribution in [3.05, 3.63) is 52.3 Å². The van der Waals surface area contributed by atoms with E-state index >= 15 is 0 Å². The van der Waals surface area contributed by atoms with E-state index in [2.05, 4.69) is 32.1 Å². The molecule has 1 saturated heterocycles. The van der Waals surface area contributed by atoms with Crippen LogP contribution >= 0.6 is 0 Å². The van der Waals surface area contributed by atoms with E-state index in [4.69, 9.17) is 4.74 Å². The Bertz CT molecular complexity index is 1210. The second-order valence-electron chi connectivity index (χ2n) is 8.71. The molecule has 0 amide bonds. The lowest BCUT2D eigenvalue weighted by Gasteiger charge is -2.32. The van der Waals surface area contributed by atoms with Gasteiger partial charge in [-0.1, -0.05) is 0 Å². The molecule has 0 bridgehead atoms. The van der Waals surface area contributed by atoms with Crippen molar-refractivity contribution in [3.63, 3.8) is 0 Å². The summed E-state index contributed by atoms with van der Waals surface area (Å²) in [6.45, 7) is 8.92. The van der Waals surface area contributed by atoms with Gasteiger partial charge in [0.25, 0.3) is 5.56 Å². The quantitative estimate of drug-likeness (QED) is 0.442. The number of rotatable bonds is 10. The predicted octanol–water partition coefficient (Wildman–Crippen LogP) is 2.82. The van der Waals surface area contributed by atoms with Gasteiger partial charge in [-0.3, -0.25) is 9.36 Å². The van der Waals surface area contributed by atoms with Gasteiger partial charge in [0.05, 0.1) is 18.8 Å². The molecular weight excluding hydrogens is 454 g/mol. The maximum absolute atomic E-state index is 13.8. The molecule has 1 aromatic carbocycles. The Morgan fingerprint density at radius 3 is 2.57 bits per heavy atom. The summed E-state index contributed by atoms with van der Waals surface area (Å²) in [5.74, 6) is -1.60. The largest absolute Gasteiger partial charge is 0.380 e. The molecule has 0 aliphatic carbocycles. The van der Waals surface area contributed by atoms with Gasteiger partial charge in [0, 0.05) is 44.9 Å². The summed E-state index contributed by atoms with van der Waals surface area (Å²) >= 11 is 0. The highest BCUT2D eigenvalue weighted by molar-refractivity contribution is 5.76. The van der Waals surface area contributed by atoms with Crippen LogP contribution in [0.1, 0.15) is 13.3 Å². The monoisotopic (exact) mass is 486 g/mol. The number of fused-ring (bicyclic) bond motifs is 1. The van der Waals surface area contributed by atoms with Crippen molar-refractivity contribution in [2.45, 2.75) is 19.9 Å². The van der Waals surface area contributed by atoms with E-state index in [1.165, 1.54) is 10.6 Å². The molecule has 10 heteroatoms. The van der Waals surface area contributed by atoms with Gasteiger partial charge in [-0.25, -0.2) is 18.7 Å². The molecule has 0 atom stereocenters. The van der Waals surface area contributed by atoms with Gasteiger partial charge in [-0.15, -0.1) is 0 Å². The molecule has 1 fully saturated rings. The molecule has 8 nitrogen and oxygen atoms in total. The minimum atomic E-state index is -0.952. The average Bonchev–Trinajstić information content (AvgIpc) is 2.86. The van der Waals surface area contributed by atoms with Gasteiger partial charge in [0.1, 0.15) is 5.52 Å². The van der Waals surface area contributed by atoms with E-state index in [0.717, 1.165) is 51.3 Å². The Morgan fingerprint density at radius 2 is 1.83 bits per heavy atom. The lowest BCUT2D eigenvalue weighted by atomic mass is 10.1. The molecule has 1 aliphatic heterocycles. The third kappa shape index (κ3) is 6.19. The number of nitrogens with zero attached hydrogens (tertiary/aromatic N) is 5. The Balaban J connectivity index is 1.55. The van der Waals surface area contributed by atoms with Gasteiger partial charge >= 0.3 is 0 Å². The molecule has 0 spiro atoms. The van der Waals surface area contributed by atoms with Crippen molar-refractivity contribution in [1.29, 1.82) is 0 Å². The molecule has 2 aromatic heterocycles. The van der Waals surface area contributed by atoms with Crippen molar-refractivity contribution in [1.82, 2.24) is 24.3 Å². The molecule has 3 aromatic rings. The highest BCUT2D eigenvalue weighted by atomic mass is 19.2. The number of anilines is 1. The maximum Gasteiger partial charge on any atom is 0.295 e.